The molecule has 4 heteroatoms. The molecule has 2 aromatic rings. The van der Waals surface area contributed by atoms with Gasteiger partial charge in [0.25, 0.3) is 5.91 Å². The Morgan fingerprint density at radius 3 is 2.89 bits per heavy atom. The first kappa shape index (κ1) is 13.3. The highest BCUT2D eigenvalue weighted by Gasteiger charge is 2.18. The third kappa shape index (κ3) is 3.22. The maximum absolute atomic E-state index is 12.0. The topological polar surface area (TPSA) is 55.1 Å². The summed E-state index contributed by atoms with van der Waals surface area (Å²) in [6.07, 6.45) is 1.32. The number of hydrogen-bond acceptors (Lipinski definition) is 3. The van der Waals surface area contributed by atoms with Gasteiger partial charge in [0.1, 0.15) is 0 Å². The zero-order chi connectivity index (χ0) is 13.8. The van der Waals surface area contributed by atoms with Gasteiger partial charge in [0.05, 0.1) is 5.69 Å². The minimum atomic E-state index is -0.220. The van der Waals surface area contributed by atoms with Crippen molar-refractivity contribution < 1.29 is 9.21 Å². The van der Waals surface area contributed by atoms with Gasteiger partial charge in [0.2, 0.25) is 5.76 Å². The van der Waals surface area contributed by atoms with E-state index in [0.29, 0.717) is 18.0 Å². The van der Waals surface area contributed by atoms with Gasteiger partial charge in [-0.15, -0.1) is 0 Å². The molecule has 19 heavy (non-hydrogen) atoms. The molecule has 1 amide bonds. The van der Waals surface area contributed by atoms with E-state index in [1.807, 2.05) is 45.0 Å². The Morgan fingerprint density at radius 2 is 2.21 bits per heavy atom. The Hall–Kier alpha value is -2.10. The number of rotatable bonds is 4. The van der Waals surface area contributed by atoms with E-state index in [0.717, 1.165) is 5.56 Å². The van der Waals surface area contributed by atoms with Gasteiger partial charge in [-0.25, -0.2) is 4.98 Å². The summed E-state index contributed by atoms with van der Waals surface area (Å²) in [6, 6.07) is 8.03. The molecule has 0 atom stereocenters. The van der Waals surface area contributed by atoms with Gasteiger partial charge in [0, 0.05) is 6.54 Å². The summed E-state index contributed by atoms with van der Waals surface area (Å²) >= 11 is 0. The minimum absolute atomic E-state index is 0.165. The summed E-state index contributed by atoms with van der Waals surface area (Å²) in [4.78, 5) is 16.1. The highest BCUT2D eigenvalue weighted by molar-refractivity contribution is 5.92. The molecule has 0 saturated heterocycles. The van der Waals surface area contributed by atoms with Crippen LogP contribution in [0.5, 0.6) is 0 Å². The summed E-state index contributed by atoms with van der Waals surface area (Å²) in [7, 11) is 0. The van der Waals surface area contributed by atoms with Gasteiger partial charge in [-0.3, -0.25) is 4.79 Å². The van der Waals surface area contributed by atoms with Crippen LogP contribution in [0.4, 0.5) is 0 Å². The van der Waals surface area contributed by atoms with Crippen molar-refractivity contribution in [3.05, 3.63) is 53.2 Å². The van der Waals surface area contributed by atoms with Crippen LogP contribution in [0.3, 0.4) is 0 Å². The van der Waals surface area contributed by atoms with E-state index in [9.17, 15) is 4.79 Å². The van der Waals surface area contributed by atoms with E-state index in [4.69, 9.17) is 4.42 Å². The van der Waals surface area contributed by atoms with Crippen molar-refractivity contribution in [3.8, 4) is 0 Å². The van der Waals surface area contributed by atoms with E-state index < -0.39 is 0 Å². The van der Waals surface area contributed by atoms with Gasteiger partial charge in [-0.2, -0.15) is 0 Å². The number of aromatic nitrogens is 1. The number of benzene rings is 1. The lowest BCUT2D eigenvalue weighted by atomic mass is 10.1. The second-order valence-electron chi connectivity index (χ2n) is 4.89. The Labute approximate surface area is 112 Å². The highest BCUT2D eigenvalue weighted by atomic mass is 16.3. The maximum Gasteiger partial charge on any atom is 0.289 e. The van der Waals surface area contributed by atoms with Gasteiger partial charge >= 0.3 is 0 Å². The molecule has 1 heterocycles. The molecular formula is C15H18N2O2. The number of nitrogens with one attached hydrogen (secondary N) is 1. The largest absolute Gasteiger partial charge is 0.438 e. The number of carbonyl (C=O) groups is 1. The zero-order valence-electron chi connectivity index (χ0n) is 11.4. The van der Waals surface area contributed by atoms with E-state index in [2.05, 4.69) is 10.3 Å². The van der Waals surface area contributed by atoms with Crippen molar-refractivity contribution in [1.82, 2.24) is 10.3 Å². The summed E-state index contributed by atoms with van der Waals surface area (Å²) < 4.78 is 5.18. The van der Waals surface area contributed by atoms with Gasteiger partial charge in [-0.1, -0.05) is 43.7 Å². The Morgan fingerprint density at radius 1 is 1.42 bits per heavy atom. The van der Waals surface area contributed by atoms with Crippen molar-refractivity contribution in [2.24, 2.45) is 0 Å². The molecule has 0 fully saturated rings. The van der Waals surface area contributed by atoms with E-state index >= 15 is 0 Å². The lowest BCUT2D eigenvalue weighted by Crippen LogP contribution is -2.23. The number of oxazole rings is 1. The molecule has 0 unspecified atom stereocenters. The first-order valence-corrected chi connectivity index (χ1v) is 6.35. The van der Waals surface area contributed by atoms with Crippen molar-refractivity contribution in [1.29, 1.82) is 0 Å². The SMILES string of the molecule is Cc1cccc(CNC(=O)c2ocnc2C(C)C)c1. The lowest BCUT2D eigenvalue weighted by molar-refractivity contribution is 0.0921. The Kier molecular flexibility index (Phi) is 4.00. The van der Waals surface area contributed by atoms with E-state index in [1.165, 1.54) is 12.0 Å². The van der Waals surface area contributed by atoms with Crippen LogP contribution in [0.15, 0.2) is 35.1 Å². The van der Waals surface area contributed by atoms with Crippen LogP contribution in [0, 0.1) is 6.92 Å². The molecule has 1 N–H and O–H groups in total. The Balaban J connectivity index is 2.03. The average Bonchev–Trinajstić information content (AvgIpc) is 2.85. The molecule has 0 aliphatic rings. The summed E-state index contributed by atoms with van der Waals surface area (Å²) in [5.41, 5.74) is 2.94. The smallest absolute Gasteiger partial charge is 0.289 e. The molecule has 1 aromatic heterocycles. The number of nitrogens with zero attached hydrogens (tertiary/aromatic N) is 1. The predicted molar refractivity (Wildman–Crippen MR) is 72.9 cm³/mol. The van der Waals surface area contributed by atoms with Crippen LogP contribution in [-0.2, 0) is 6.54 Å². The molecule has 0 aliphatic heterocycles. The molecule has 4 nitrogen and oxygen atoms in total. The first-order valence-electron chi connectivity index (χ1n) is 6.35. The predicted octanol–water partition coefficient (Wildman–Crippen LogP) is 3.04. The van der Waals surface area contributed by atoms with Crippen LogP contribution >= 0.6 is 0 Å². The highest BCUT2D eigenvalue weighted by Crippen LogP contribution is 2.17. The number of hydrogen-bond donors (Lipinski definition) is 1. The maximum atomic E-state index is 12.0. The molecule has 0 saturated carbocycles. The fourth-order valence-electron chi connectivity index (χ4n) is 1.92. The molecule has 0 aliphatic carbocycles. The van der Waals surface area contributed by atoms with Crippen molar-refractivity contribution >= 4 is 5.91 Å². The molecule has 2 rings (SSSR count). The second-order valence-corrected chi connectivity index (χ2v) is 4.89. The Bertz CT molecular complexity index is 573. The summed E-state index contributed by atoms with van der Waals surface area (Å²) in [6.45, 7) is 6.47. The van der Waals surface area contributed by atoms with E-state index in [-0.39, 0.29) is 11.8 Å². The number of aryl methyl sites for hydroxylation is 1. The molecule has 0 spiro atoms. The molecule has 0 bridgehead atoms. The monoisotopic (exact) mass is 258 g/mol. The van der Waals surface area contributed by atoms with Crippen LogP contribution in [0.1, 0.15) is 47.1 Å². The van der Waals surface area contributed by atoms with Crippen molar-refractivity contribution in [3.63, 3.8) is 0 Å². The molecular weight excluding hydrogens is 240 g/mol. The summed E-state index contributed by atoms with van der Waals surface area (Å²) in [5, 5.41) is 2.85. The quantitative estimate of drug-likeness (QED) is 0.917. The number of carbonyl (C=O) groups excluding carboxylic acids is 1. The normalized spacial score (nSPS) is 10.7. The third-order valence-electron chi connectivity index (χ3n) is 2.88. The third-order valence-corrected chi connectivity index (χ3v) is 2.88. The lowest BCUT2D eigenvalue weighted by Gasteiger charge is -2.06. The zero-order valence-corrected chi connectivity index (χ0v) is 11.4. The molecule has 1 aromatic carbocycles. The van der Waals surface area contributed by atoms with Gasteiger partial charge in [-0.05, 0) is 18.4 Å². The van der Waals surface area contributed by atoms with Crippen LogP contribution in [-0.4, -0.2) is 10.9 Å². The van der Waals surface area contributed by atoms with Crippen LogP contribution in [0.25, 0.3) is 0 Å². The van der Waals surface area contributed by atoms with Crippen LogP contribution in [0.2, 0.25) is 0 Å². The first-order chi connectivity index (χ1) is 9.08. The fourth-order valence-corrected chi connectivity index (χ4v) is 1.92. The van der Waals surface area contributed by atoms with E-state index in [1.54, 1.807) is 0 Å². The van der Waals surface area contributed by atoms with Crippen LogP contribution < -0.4 is 5.32 Å². The standard InChI is InChI=1S/C15H18N2O2/c1-10(2)13-14(19-9-17-13)15(18)16-8-12-6-4-5-11(3)7-12/h4-7,9-10H,8H2,1-3H3,(H,16,18). The minimum Gasteiger partial charge on any atom is -0.438 e. The molecule has 0 radical (unpaired) electrons. The van der Waals surface area contributed by atoms with Gasteiger partial charge in [0.15, 0.2) is 6.39 Å². The second kappa shape index (κ2) is 5.69. The van der Waals surface area contributed by atoms with Crippen molar-refractivity contribution in [2.75, 3.05) is 0 Å². The van der Waals surface area contributed by atoms with Gasteiger partial charge < -0.3 is 9.73 Å². The fraction of sp³-hybridized carbons (Fsp3) is 0.333. The summed E-state index contributed by atoms with van der Waals surface area (Å²) in [5.74, 6) is 0.254. The average molecular weight is 258 g/mol. The molecule has 100 valence electrons. The van der Waals surface area contributed by atoms with Crippen molar-refractivity contribution in [2.45, 2.75) is 33.2 Å². The number of amides is 1.